The van der Waals surface area contributed by atoms with Crippen LogP contribution in [0.1, 0.15) is 47.4 Å². The Morgan fingerprint density at radius 2 is 1.79 bits per heavy atom. The topological polar surface area (TPSA) is 79.0 Å². The first-order valence-electron chi connectivity index (χ1n) is 11.2. The highest BCUT2D eigenvalue weighted by Crippen LogP contribution is 2.22. The van der Waals surface area contributed by atoms with Gasteiger partial charge in [0.15, 0.2) is 12.4 Å². The van der Waals surface area contributed by atoms with Crippen molar-refractivity contribution in [1.82, 2.24) is 4.90 Å². The van der Waals surface area contributed by atoms with Gasteiger partial charge in [0.05, 0.1) is 11.3 Å². The summed E-state index contributed by atoms with van der Waals surface area (Å²) in [7, 11) is 0. The minimum Gasteiger partial charge on any atom is -0.452 e. The average Bonchev–Trinajstić information content (AvgIpc) is 2.83. The van der Waals surface area contributed by atoms with Crippen molar-refractivity contribution in [2.75, 3.05) is 49.5 Å². The van der Waals surface area contributed by atoms with Crippen LogP contribution < -0.4 is 10.2 Å². The number of para-hydroxylation sites is 1. The predicted molar refractivity (Wildman–Crippen MR) is 125 cm³/mol. The number of esters is 1. The fourth-order valence-corrected chi connectivity index (χ4v) is 3.69. The Hall–Kier alpha value is -3.42. The molecule has 0 atom stereocenters. The number of anilines is 2. The van der Waals surface area contributed by atoms with Crippen molar-refractivity contribution in [2.45, 2.75) is 26.7 Å². The Bertz CT molecular complexity index is 1000. The van der Waals surface area contributed by atoms with Crippen LogP contribution in [0.4, 0.5) is 15.8 Å². The largest absolute Gasteiger partial charge is 0.452 e. The number of piperazine rings is 1. The number of hydrogen-bond donors (Lipinski definition) is 1. The normalized spacial score (nSPS) is 13.5. The van der Waals surface area contributed by atoms with E-state index < -0.39 is 11.8 Å². The van der Waals surface area contributed by atoms with Gasteiger partial charge in [0.2, 0.25) is 0 Å². The number of carbonyl (C=O) groups excluding carboxylic acids is 3. The predicted octanol–water partition coefficient (Wildman–Crippen LogP) is 3.75. The summed E-state index contributed by atoms with van der Waals surface area (Å²) in [6.45, 7) is 5.56. The second-order valence-corrected chi connectivity index (χ2v) is 7.99. The molecule has 0 aromatic heterocycles. The molecule has 33 heavy (non-hydrogen) atoms. The van der Waals surface area contributed by atoms with Crippen molar-refractivity contribution in [3.05, 3.63) is 59.4 Å². The van der Waals surface area contributed by atoms with E-state index in [0.29, 0.717) is 48.7 Å². The number of ether oxygens (including phenoxy) is 1. The van der Waals surface area contributed by atoms with Crippen LogP contribution in [0.25, 0.3) is 0 Å². The van der Waals surface area contributed by atoms with Crippen LogP contribution in [0.2, 0.25) is 0 Å². The monoisotopic (exact) mass is 455 g/mol. The van der Waals surface area contributed by atoms with Crippen molar-refractivity contribution < 1.29 is 23.5 Å². The Morgan fingerprint density at radius 1 is 1.06 bits per heavy atom. The summed E-state index contributed by atoms with van der Waals surface area (Å²) in [5, 5.41) is 3.23. The van der Waals surface area contributed by atoms with Gasteiger partial charge in [-0.3, -0.25) is 9.59 Å². The third kappa shape index (κ3) is 6.31. The van der Waals surface area contributed by atoms with Crippen LogP contribution in [0, 0.1) is 5.82 Å². The summed E-state index contributed by atoms with van der Waals surface area (Å²) < 4.78 is 19.7. The SMILES string of the molecule is CCCCNc1ccccc1C(=O)OCC(=O)N1CCN(c2ccc(C(C)=O)cc2F)CC1. The van der Waals surface area contributed by atoms with Crippen LogP contribution in [0.15, 0.2) is 42.5 Å². The molecule has 1 N–H and O–H groups in total. The van der Waals surface area contributed by atoms with E-state index in [0.717, 1.165) is 19.4 Å². The molecule has 1 amide bonds. The number of unbranched alkanes of at least 4 members (excludes halogenated alkanes) is 1. The molecule has 2 aromatic carbocycles. The lowest BCUT2D eigenvalue weighted by molar-refractivity contribution is -0.134. The molecule has 7 nitrogen and oxygen atoms in total. The molecule has 0 aliphatic carbocycles. The molecule has 1 heterocycles. The molecular formula is C25H30FN3O4. The first-order chi connectivity index (χ1) is 15.9. The lowest BCUT2D eigenvalue weighted by atomic mass is 10.1. The summed E-state index contributed by atoms with van der Waals surface area (Å²) in [4.78, 5) is 40.0. The molecule has 3 rings (SSSR count). The minimum atomic E-state index is -0.547. The maximum Gasteiger partial charge on any atom is 0.340 e. The zero-order chi connectivity index (χ0) is 23.8. The number of halogens is 1. The van der Waals surface area contributed by atoms with E-state index in [1.54, 1.807) is 29.2 Å². The summed E-state index contributed by atoms with van der Waals surface area (Å²) in [6.07, 6.45) is 2.02. The molecule has 1 saturated heterocycles. The summed E-state index contributed by atoms with van der Waals surface area (Å²) in [6, 6.07) is 11.5. The van der Waals surface area contributed by atoms with Gasteiger partial charge < -0.3 is 19.9 Å². The van der Waals surface area contributed by atoms with Gasteiger partial charge in [0.1, 0.15) is 5.82 Å². The Labute approximate surface area is 193 Å². The lowest BCUT2D eigenvalue weighted by Crippen LogP contribution is -2.50. The standard InChI is InChI=1S/C25H30FN3O4/c1-3-4-11-27-22-8-6-5-7-20(22)25(32)33-17-24(31)29-14-12-28(13-15-29)23-10-9-19(18(2)30)16-21(23)26/h5-10,16,27H,3-4,11-15,17H2,1-2H3. The third-order valence-corrected chi connectivity index (χ3v) is 5.65. The van der Waals surface area contributed by atoms with Gasteiger partial charge in [-0.25, -0.2) is 9.18 Å². The zero-order valence-corrected chi connectivity index (χ0v) is 19.1. The molecule has 8 heteroatoms. The molecule has 176 valence electrons. The van der Waals surface area contributed by atoms with Crippen molar-refractivity contribution in [2.24, 2.45) is 0 Å². The van der Waals surface area contributed by atoms with Crippen LogP contribution >= 0.6 is 0 Å². The fraction of sp³-hybridized carbons (Fsp3) is 0.400. The van der Waals surface area contributed by atoms with E-state index in [2.05, 4.69) is 12.2 Å². The fourth-order valence-electron chi connectivity index (χ4n) is 3.69. The van der Waals surface area contributed by atoms with Crippen LogP contribution in [-0.2, 0) is 9.53 Å². The van der Waals surface area contributed by atoms with Crippen molar-refractivity contribution >= 4 is 29.0 Å². The maximum atomic E-state index is 14.4. The zero-order valence-electron chi connectivity index (χ0n) is 19.1. The van der Waals surface area contributed by atoms with E-state index in [1.807, 2.05) is 17.0 Å². The number of benzene rings is 2. The summed E-state index contributed by atoms with van der Waals surface area (Å²) in [5.41, 5.74) is 1.82. The molecule has 0 unspecified atom stereocenters. The second kappa shape index (κ2) is 11.4. The minimum absolute atomic E-state index is 0.190. The third-order valence-electron chi connectivity index (χ3n) is 5.65. The number of hydrogen-bond acceptors (Lipinski definition) is 6. The van der Waals surface area contributed by atoms with E-state index in [1.165, 1.54) is 13.0 Å². The van der Waals surface area contributed by atoms with Gasteiger partial charge in [0.25, 0.3) is 5.91 Å². The maximum absolute atomic E-state index is 14.4. The van der Waals surface area contributed by atoms with Gasteiger partial charge >= 0.3 is 5.97 Å². The molecule has 1 aliphatic heterocycles. The number of carbonyl (C=O) groups is 3. The average molecular weight is 456 g/mol. The quantitative estimate of drug-likeness (QED) is 0.353. The van der Waals surface area contributed by atoms with E-state index in [4.69, 9.17) is 4.74 Å². The van der Waals surface area contributed by atoms with Crippen LogP contribution in [0.5, 0.6) is 0 Å². The van der Waals surface area contributed by atoms with E-state index in [9.17, 15) is 18.8 Å². The Balaban J connectivity index is 1.51. The Morgan fingerprint density at radius 3 is 2.45 bits per heavy atom. The van der Waals surface area contributed by atoms with Crippen LogP contribution in [0.3, 0.4) is 0 Å². The highest BCUT2D eigenvalue weighted by molar-refractivity contribution is 5.97. The van der Waals surface area contributed by atoms with Crippen molar-refractivity contribution in [1.29, 1.82) is 0 Å². The number of nitrogens with one attached hydrogen (secondary N) is 1. The first-order valence-corrected chi connectivity index (χ1v) is 11.2. The Kier molecular flexibility index (Phi) is 8.40. The molecule has 0 bridgehead atoms. The smallest absolute Gasteiger partial charge is 0.340 e. The molecule has 1 fully saturated rings. The van der Waals surface area contributed by atoms with Crippen molar-refractivity contribution in [3.63, 3.8) is 0 Å². The van der Waals surface area contributed by atoms with E-state index in [-0.39, 0.29) is 18.3 Å². The lowest BCUT2D eigenvalue weighted by Gasteiger charge is -2.36. The molecule has 1 aliphatic rings. The highest BCUT2D eigenvalue weighted by atomic mass is 19.1. The number of nitrogens with zero attached hydrogens (tertiary/aromatic N) is 2. The van der Waals surface area contributed by atoms with Gasteiger partial charge in [0, 0.05) is 44.0 Å². The van der Waals surface area contributed by atoms with Crippen LogP contribution in [-0.4, -0.2) is 61.9 Å². The molecular weight excluding hydrogens is 425 g/mol. The van der Waals surface area contributed by atoms with Gasteiger partial charge in [-0.2, -0.15) is 0 Å². The van der Waals surface area contributed by atoms with Gasteiger partial charge in [-0.05, 0) is 43.7 Å². The number of ketones is 1. The van der Waals surface area contributed by atoms with Crippen molar-refractivity contribution in [3.8, 4) is 0 Å². The number of amides is 1. The molecule has 0 saturated carbocycles. The second-order valence-electron chi connectivity index (χ2n) is 7.99. The molecule has 0 spiro atoms. The first kappa shape index (κ1) is 24.2. The molecule has 2 aromatic rings. The summed E-state index contributed by atoms with van der Waals surface area (Å²) in [5.74, 6) is -1.48. The molecule has 0 radical (unpaired) electrons. The summed E-state index contributed by atoms with van der Waals surface area (Å²) >= 11 is 0. The number of rotatable bonds is 9. The van der Waals surface area contributed by atoms with E-state index >= 15 is 0 Å². The van der Waals surface area contributed by atoms with Gasteiger partial charge in [-0.1, -0.05) is 25.5 Å². The highest BCUT2D eigenvalue weighted by Gasteiger charge is 2.24. The number of Topliss-reactive ketones (excluding diaryl/α,β-unsaturated/α-hetero) is 1. The van der Waals surface area contributed by atoms with Gasteiger partial charge in [-0.15, -0.1) is 0 Å².